The molecule has 2 heterocycles. The van der Waals surface area contributed by atoms with Gasteiger partial charge in [-0.15, -0.1) is 11.3 Å². The molecule has 1 aromatic heterocycles. The molecule has 1 aliphatic heterocycles. The Morgan fingerprint density at radius 2 is 1.88 bits per heavy atom. The van der Waals surface area contributed by atoms with Gasteiger partial charge in [0.05, 0.1) is 6.04 Å². The van der Waals surface area contributed by atoms with Crippen molar-refractivity contribution in [1.82, 2.24) is 15.1 Å². The molecule has 4 nitrogen and oxygen atoms in total. The van der Waals surface area contributed by atoms with Gasteiger partial charge in [-0.05, 0) is 37.4 Å². The maximum Gasteiger partial charge on any atom is 0.220 e. The van der Waals surface area contributed by atoms with E-state index in [1.54, 1.807) is 11.3 Å². The summed E-state index contributed by atoms with van der Waals surface area (Å²) in [4.78, 5) is 18.6. The van der Waals surface area contributed by atoms with Crippen molar-refractivity contribution < 1.29 is 4.79 Å². The van der Waals surface area contributed by atoms with Crippen LogP contribution in [0.25, 0.3) is 0 Å². The highest BCUT2D eigenvalue weighted by Gasteiger charge is 2.24. The lowest BCUT2D eigenvalue weighted by atomic mass is 10.1. The van der Waals surface area contributed by atoms with Gasteiger partial charge in [-0.25, -0.2) is 0 Å². The second kappa shape index (κ2) is 9.31. The SMILES string of the molecule is Cc1ccc(CCC(=O)NCC(c2cccs2)N2CCN(C)CC2)cc1. The minimum atomic E-state index is 0.140. The van der Waals surface area contributed by atoms with Gasteiger partial charge in [0, 0.05) is 44.0 Å². The molecule has 0 aliphatic carbocycles. The fourth-order valence-electron chi connectivity index (χ4n) is 3.34. The maximum atomic E-state index is 12.4. The Hall–Kier alpha value is -1.69. The van der Waals surface area contributed by atoms with Crippen LogP contribution in [0.3, 0.4) is 0 Å². The minimum absolute atomic E-state index is 0.140. The highest BCUT2D eigenvalue weighted by atomic mass is 32.1. The Bertz CT molecular complexity index is 676. The van der Waals surface area contributed by atoms with E-state index in [1.807, 2.05) is 0 Å². The van der Waals surface area contributed by atoms with E-state index in [0.717, 1.165) is 32.6 Å². The van der Waals surface area contributed by atoms with E-state index < -0.39 is 0 Å². The molecule has 0 radical (unpaired) electrons. The number of hydrogen-bond donors (Lipinski definition) is 1. The summed E-state index contributed by atoms with van der Waals surface area (Å²) in [7, 11) is 2.17. The molecule has 140 valence electrons. The van der Waals surface area contributed by atoms with Crippen molar-refractivity contribution >= 4 is 17.2 Å². The average molecular weight is 372 g/mol. The van der Waals surface area contributed by atoms with E-state index in [0.29, 0.717) is 13.0 Å². The number of rotatable bonds is 7. The van der Waals surface area contributed by atoms with Gasteiger partial charge < -0.3 is 10.2 Å². The van der Waals surface area contributed by atoms with Crippen LogP contribution in [-0.4, -0.2) is 55.5 Å². The molecule has 1 N–H and O–H groups in total. The number of hydrogen-bond acceptors (Lipinski definition) is 4. The fraction of sp³-hybridized carbons (Fsp3) is 0.476. The van der Waals surface area contributed by atoms with Crippen LogP contribution in [0.4, 0.5) is 0 Å². The van der Waals surface area contributed by atoms with Crippen molar-refractivity contribution in [3.05, 3.63) is 57.8 Å². The third kappa shape index (κ3) is 5.40. The monoisotopic (exact) mass is 371 g/mol. The third-order valence-electron chi connectivity index (χ3n) is 5.10. The summed E-state index contributed by atoms with van der Waals surface area (Å²) in [5.41, 5.74) is 2.48. The summed E-state index contributed by atoms with van der Waals surface area (Å²) in [6, 6.07) is 13.0. The quantitative estimate of drug-likeness (QED) is 0.812. The predicted molar refractivity (Wildman–Crippen MR) is 109 cm³/mol. The minimum Gasteiger partial charge on any atom is -0.354 e. The van der Waals surface area contributed by atoms with Crippen LogP contribution >= 0.6 is 11.3 Å². The molecule has 1 atom stereocenters. The molecule has 1 aliphatic rings. The van der Waals surface area contributed by atoms with E-state index >= 15 is 0 Å². The highest BCUT2D eigenvalue weighted by Crippen LogP contribution is 2.25. The van der Waals surface area contributed by atoms with E-state index in [-0.39, 0.29) is 11.9 Å². The lowest BCUT2D eigenvalue weighted by molar-refractivity contribution is -0.121. The van der Waals surface area contributed by atoms with Crippen LogP contribution in [0.2, 0.25) is 0 Å². The van der Waals surface area contributed by atoms with Gasteiger partial charge in [0.1, 0.15) is 0 Å². The van der Waals surface area contributed by atoms with Gasteiger partial charge >= 0.3 is 0 Å². The predicted octanol–water partition coefficient (Wildman–Crippen LogP) is 3.09. The zero-order chi connectivity index (χ0) is 18.4. The first kappa shape index (κ1) is 19.1. The van der Waals surface area contributed by atoms with Crippen molar-refractivity contribution in [3.8, 4) is 0 Å². The molecule has 0 saturated carbocycles. The summed E-state index contributed by atoms with van der Waals surface area (Å²) in [5.74, 6) is 0.140. The number of nitrogens with one attached hydrogen (secondary N) is 1. The van der Waals surface area contributed by atoms with Crippen LogP contribution in [0.5, 0.6) is 0 Å². The topological polar surface area (TPSA) is 35.6 Å². The second-order valence-corrected chi connectivity index (χ2v) is 8.14. The first-order valence-electron chi connectivity index (χ1n) is 9.40. The largest absolute Gasteiger partial charge is 0.354 e. The third-order valence-corrected chi connectivity index (χ3v) is 6.08. The van der Waals surface area contributed by atoms with Crippen molar-refractivity contribution in [2.75, 3.05) is 39.8 Å². The van der Waals surface area contributed by atoms with Crippen molar-refractivity contribution in [3.63, 3.8) is 0 Å². The van der Waals surface area contributed by atoms with Crippen LogP contribution in [0.15, 0.2) is 41.8 Å². The molecule has 0 spiro atoms. The molecule has 0 bridgehead atoms. The Labute approximate surface area is 160 Å². The molecule has 26 heavy (non-hydrogen) atoms. The number of likely N-dealkylation sites (N-methyl/N-ethyl adjacent to an activating group) is 1. The van der Waals surface area contributed by atoms with Crippen LogP contribution in [0.1, 0.15) is 28.5 Å². The van der Waals surface area contributed by atoms with Gasteiger partial charge in [0.2, 0.25) is 5.91 Å². The Morgan fingerprint density at radius 3 is 2.54 bits per heavy atom. The standard InChI is InChI=1S/C21H29N3OS/c1-17-5-7-18(8-6-17)9-10-21(25)22-16-19(20-4-3-15-26-20)24-13-11-23(2)12-14-24/h3-8,15,19H,9-14,16H2,1-2H3,(H,22,25). The van der Waals surface area contributed by atoms with E-state index in [2.05, 4.69) is 70.9 Å². The summed E-state index contributed by atoms with van der Waals surface area (Å²) >= 11 is 1.78. The highest BCUT2D eigenvalue weighted by molar-refractivity contribution is 7.10. The van der Waals surface area contributed by atoms with E-state index in [4.69, 9.17) is 0 Å². The van der Waals surface area contributed by atoms with Crippen molar-refractivity contribution in [1.29, 1.82) is 0 Å². The number of carbonyl (C=O) groups excluding carboxylic acids is 1. The van der Waals surface area contributed by atoms with Crippen LogP contribution < -0.4 is 5.32 Å². The van der Waals surface area contributed by atoms with E-state index in [9.17, 15) is 4.79 Å². The summed E-state index contributed by atoms with van der Waals surface area (Å²) in [6.07, 6.45) is 1.34. The van der Waals surface area contributed by atoms with Crippen LogP contribution in [-0.2, 0) is 11.2 Å². The Balaban J connectivity index is 1.52. The number of aryl methyl sites for hydroxylation is 2. The molecule has 1 fully saturated rings. The van der Waals surface area contributed by atoms with Gasteiger partial charge in [-0.1, -0.05) is 35.9 Å². The number of thiophene rings is 1. The van der Waals surface area contributed by atoms with Crippen molar-refractivity contribution in [2.45, 2.75) is 25.8 Å². The first-order valence-corrected chi connectivity index (χ1v) is 10.3. The second-order valence-electron chi connectivity index (χ2n) is 7.16. The summed E-state index contributed by atoms with van der Waals surface area (Å²) < 4.78 is 0. The fourth-order valence-corrected chi connectivity index (χ4v) is 4.20. The smallest absolute Gasteiger partial charge is 0.220 e. The molecular weight excluding hydrogens is 342 g/mol. The lowest BCUT2D eigenvalue weighted by Crippen LogP contribution is -2.48. The van der Waals surface area contributed by atoms with Gasteiger partial charge in [-0.2, -0.15) is 0 Å². The van der Waals surface area contributed by atoms with Crippen LogP contribution in [0, 0.1) is 6.92 Å². The molecule has 1 saturated heterocycles. The number of carbonyl (C=O) groups is 1. The Kier molecular flexibility index (Phi) is 6.83. The summed E-state index contributed by atoms with van der Waals surface area (Å²) in [5, 5.41) is 5.30. The van der Waals surface area contributed by atoms with Gasteiger partial charge in [0.25, 0.3) is 0 Å². The van der Waals surface area contributed by atoms with Crippen molar-refractivity contribution in [2.24, 2.45) is 0 Å². The molecule has 1 amide bonds. The molecule has 1 unspecified atom stereocenters. The number of nitrogens with zero attached hydrogens (tertiary/aromatic N) is 2. The van der Waals surface area contributed by atoms with Gasteiger partial charge in [0.15, 0.2) is 0 Å². The Morgan fingerprint density at radius 1 is 1.15 bits per heavy atom. The maximum absolute atomic E-state index is 12.4. The van der Waals surface area contributed by atoms with E-state index in [1.165, 1.54) is 16.0 Å². The zero-order valence-corrected chi connectivity index (χ0v) is 16.6. The zero-order valence-electron chi connectivity index (χ0n) is 15.8. The molecule has 1 aromatic carbocycles. The number of amides is 1. The normalized spacial score (nSPS) is 17.2. The molecule has 3 rings (SSSR count). The lowest BCUT2D eigenvalue weighted by Gasteiger charge is -2.37. The average Bonchev–Trinajstić information content (AvgIpc) is 3.17. The molecular formula is C21H29N3OS. The number of piperazine rings is 1. The van der Waals surface area contributed by atoms with Gasteiger partial charge in [-0.3, -0.25) is 9.69 Å². The molecule has 5 heteroatoms. The first-order chi connectivity index (χ1) is 12.6. The number of benzene rings is 1. The summed E-state index contributed by atoms with van der Waals surface area (Å²) in [6.45, 7) is 7.06. The molecule has 2 aromatic rings.